The quantitative estimate of drug-likeness (QED) is 0.373. The Morgan fingerprint density at radius 1 is 1.27 bits per heavy atom. The van der Waals surface area contributed by atoms with Crippen molar-refractivity contribution in [1.29, 1.82) is 0 Å². The third-order valence-electron chi connectivity index (χ3n) is 3.27. The summed E-state index contributed by atoms with van der Waals surface area (Å²) in [6.07, 6.45) is -2.01. The average Bonchev–Trinajstić information content (AvgIpc) is 2.58. The fraction of sp³-hybridized carbons (Fsp3) is 0.647. The highest BCUT2D eigenvalue weighted by molar-refractivity contribution is 5.79. The maximum absolute atomic E-state index is 12.3. The summed E-state index contributed by atoms with van der Waals surface area (Å²) in [6.45, 7) is 4.95. The van der Waals surface area contributed by atoms with Gasteiger partial charge >= 0.3 is 6.18 Å². The van der Waals surface area contributed by atoms with Crippen molar-refractivity contribution in [2.24, 2.45) is 10.9 Å². The van der Waals surface area contributed by atoms with Gasteiger partial charge in [0.05, 0.1) is 6.61 Å². The van der Waals surface area contributed by atoms with Crippen molar-refractivity contribution in [3.8, 4) is 5.88 Å². The van der Waals surface area contributed by atoms with Gasteiger partial charge < -0.3 is 20.1 Å². The molecule has 2 N–H and O–H groups in total. The molecule has 0 saturated carbocycles. The third kappa shape index (κ3) is 10.1. The van der Waals surface area contributed by atoms with E-state index in [0.717, 1.165) is 6.42 Å². The standard InChI is InChI=1S/C17H27F3N4O2/c1-13(2)6-9-25-10-8-23-16(21-3)24-11-14-5-4-7-22-15(14)26-12-17(18,19)20/h4-5,7,13H,6,8-12H2,1-3H3,(H2,21,23,24). The van der Waals surface area contributed by atoms with Crippen molar-refractivity contribution in [1.82, 2.24) is 15.6 Å². The monoisotopic (exact) mass is 376 g/mol. The smallest absolute Gasteiger partial charge is 0.422 e. The van der Waals surface area contributed by atoms with Crippen molar-refractivity contribution in [3.63, 3.8) is 0 Å². The molecular weight excluding hydrogens is 349 g/mol. The Morgan fingerprint density at radius 3 is 2.69 bits per heavy atom. The van der Waals surface area contributed by atoms with Crippen LogP contribution in [0.5, 0.6) is 5.88 Å². The first kappa shape index (κ1) is 22.0. The van der Waals surface area contributed by atoms with Gasteiger partial charge in [-0.05, 0) is 18.4 Å². The molecule has 26 heavy (non-hydrogen) atoms. The Labute approximate surface area is 152 Å². The van der Waals surface area contributed by atoms with E-state index in [4.69, 9.17) is 9.47 Å². The number of nitrogens with zero attached hydrogens (tertiary/aromatic N) is 2. The highest BCUT2D eigenvalue weighted by Crippen LogP contribution is 2.19. The Bertz CT molecular complexity index is 551. The maximum atomic E-state index is 12.3. The van der Waals surface area contributed by atoms with E-state index in [2.05, 4.69) is 34.5 Å². The van der Waals surface area contributed by atoms with E-state index in [-0.39, 0.29) is 12.4 Å². The Kier molecular flexibility index (Phi) is 9.79. The number of hydrogen-bond acceptors (Lipinski definition) is 4. The zero-order valence-electron chi connectivity index (χ0n) is 15.4. The van der Waals surface area contributed by atoms with Gasteiger partial charge in [0.2, 0.25) is 5.88 Å². The van der Waals surface area contributed by atoms with Crippen molar-refractivity contribution >= 4 is 5.96 Å². The lowest BCUT2D eigenvalue weighted by Gasteiger charge is -2.15. The topological polar surface area (TPSA) is 67.8 Å². The number of alkyl halides is 3. The van der Waals surface area contributed by atoms with Crippen LogP contribution in [0.2, 0.25) is 0 Å². The number of aromatic nitrogens is 1. The summed E-state index contributed by atoms with van der Waals surface area (Å²) in [6, 6.07) is 3.28. The van der Waals surface area contributed by atoms with E-state index in [1.165, 1.54) is 6.20 Å². The molecular formula is C17H27F3N4O2. The van der Waals surface area contributed by atoms with E-state index in [0.29, 0.717) is 37.2 Å². The fourth-order valence-corrected chi connectivity index (χ4v) is 1.90. The predicted molar refractivity (Wildman–Crippen MR) is 94.3 cm³/mol. The number of pyridine rings is 1. The second kappa shape index (κ2) is 11.6. The summed E-state index contributed by atoms with van der Waals surface area (Å²) in [5, 5.41) is 6.09. The normalized spacial score (nSPS) is 12.3. The highest BCUT2D eigenvalue weighted by atomic mass is 19.4. The lowest BCUT2D eigenvalue weighted by atomic mass is 10.1. The molecule has 0 atom stereocenters. The molecule has 0 aromatic carbocycles. The molecule has 6 nitrogen and oxygen atoms in total. The lowest BCUT2D eigenvalue weighted by Crippen LogP contribution is -2.38. The number of ether oxygens (including phenoxy) is 2. The largest absolute Gasteiger partial charge is 0.468 e. The Hall–Kier alpha value is -2.03. The number of halogens is 3. The number of guanidine groups is 1. The molecule has 1 aromatic heterocycles. The molecule has 0 unspecified atom stereocenters. The van der Waals surface area contributed by atoms with Gasteiger partial charge in [-0.25, -0.2) is 4.98 Å². The first-order valence-corrected chi connectivity index (χ1v) is 8.47. The second-order valence-electron chi connectivity index (χ2n) is 6.02. The van der Waals surface area contributed by atoms with Crippen LogP contribution in [-0.2, 0) is 11.3 Å². The number of aliphatic imine (C=N–C) groups is 1. The summed E-state index contributed by atoms with van der Waals surface area (Å²) >= 11 is 0. The van der Waals surface area contributed by atoms with Gasteiger partial charge in [-0.2, -0.15) is 13.2 Å². The minimum atomic E-state index is -4.41. The molecule has 0 fully saturated rings. The molecule has 0 bridgehead atoms. The summed E-state index contributed by atoms with van der Waals surface area (Å²) in [4.78, 5) is 7.91. The maximum Gasteiger partial charge on any atom is 0.422 e. The van der Waals surface area contributed by atoms with Gasteiger partial charge in [0.15, 0.2) is 12.6 Å². The van der Waals surface area contributed by atoms with E-state index in [9.17, 15) is 13.2 Å². The third-order valence-corrected chi connectivity index (χ3v) is 3.27. The van der Waals surface area contributed by atoms with Gasteiger partial charge in [-0.15, -0.1) is 0 Å². The molecule has 0 radical (unpaired) electrons. The SMILES string of the molecule is CN=C(NCCOCCC(C)C)NCc1cccnc1OCC(F)(F)F. The van der Waals surface area contributed by atoms with Crippen LogP contribution in [0.15, 0.2) is 23.3 Å². The molecule has 1 rings (SSSR count). The van der Waals surface area contributed by atoms with Gasteiger partial charge in [0.25, 0.3) is 0 Å². The molecule has 0 aliphatic heterocycles. The van der Waals surface area contributed by atoms with Crippen LogP contribution in [0.25, 0.3) is 0 Å². The van der Waals surface area contributed by atoms with Crippen LogP contribution >= 0.6 is 0 Å². The van der Waals surface area contributed by atoms with Crippen molar-refractivity contribution in [2.75, 3.05) is 33.4 Å². The molecule has 0 spiro atoms. The summed E-state index contributed by atoms with van der Waals surface area (Å²) in [5.74, 6) is 1.07. The summed E-state index contributed by atoms with van der Waals surface area (Å²) in [7, 11) is 1.61. The Balaban J connectivity index is 2.39. The average molecular weight is 376 g/mol. The summed E-state index contributed by atoms with van der Waals surface area (Å²) < 4.78 is 47.2. The van der Waals surface area contributed by atoms with E-state index < -0.39 is 12.8 Å². The molecule has 0 aliphatic rings. The first-order chi connectivity index (χ1) is 12.3. The lowest BCUT2D eigenvalue weighted by molar-refractivity contribution is -0.154. The van der Waals surface area contributed by atoms with Crippen LogP contribution < -0.4 is 15.4 Å². The van der Waals surface area contributed by atoms with E-state index in [1.54, 1.807) is 19.2 Å². The number of nitrogens with one attached hydrogen (secondary N) is 2. The molecule has 0 aliphatic carbocycles. The molecule has 1 heterocycles. The zero-order chi connectivity index (χ0) is 19.4. The van der Waals surface area contributed by atoms with Gasteiger partial charge in [-0.3, -0.25) is 4.99 Å². The van der Waals surface area contributed by atoms with Gasteiger partial charge in [-0.1, -0.05) is 19.9 Å². The highest BCUT2D eigenvalue weighted by Gasteiger charge is 2.29. The predicted octanol–water partition coefficient (Wildman–Crippen LogP) is 2.75. The van der Waals surface area contributed by atoms with Crippen LogP contribution in [0, 0.1) is 5.92 Å². The van der Waals surface area contributed by atoms with Crippen molar-refractivity contribution < 1.29 is 22.6 Å². The molecule has 0 saturated heterocycles. The first-order valence-electron chi connectivity index (χ1n) is 8.47. The van der Waals surface area contributed by atoms with Crippen molar-refractivity contribution in [3.05, 3.63) is 23.9 Å². The minimum absolute atomic E-state index is 0.0511. The Morgan fingerprint density at radius 2 is 2.04 bits per heavy atom. The van der Waals surface area contributed by atoms with Crippen LogP contribution in [-0.4, -0.2) is 50.5 Å². The minimum Gasteiger partial charge on any atom is -0.468 e. The number of hydrogen-bond donors (Lipinski definition) is 2. The van der Waals surface area contributed by atoms with E-state index >= 15 is 0 Å². The molecule has 1 aromatic rings. The van der Waals surface area contributed by atoms with Crippen LogP contribution in [0.4, 0.5) is 13.2 Å². The van der Waals surface area contributed by atoms with Gasteiger partial charge in [0.1, 0.15) is 0 Å². The molecule has 148 valence electrons. The van der Waals surface area contributed by atoms with Crippen LogP contribution in [0.3, 0.4) is 0 Å². The van der Waals surface area contributed by atoms with Crippen LogP contribution in [0.1, 0.15) is 25.8 Å². The summed E-state index contributed by atoms with van der Waals surface area (Å²) in [5.41, 5.74) is 0.507. The second-order valence-corrected chi connectivity index (χ2v) is 6.02. The molecule has 9 heteroatoms. The number of rotatable bonds is 10. The zero-order valence-corrected chi connectivity index (χ0v) is 15.4. The fourth-order valence-electron chi connectivity index (χ4n) is 1.90. The molecule has 0 amide bonds. The van der Waals surface area contributed by atoms with Crippen molar-refractivity contribution in [2.45, 2.75) is 33.0 Å². The van der Waals surface area contributed by atoms with Gasteiger partial charge in [0, 0.05) is 38.5 Å². The van der Waals surface area contributed by atoms with E-state index in [1.807, 2.05) is 0 Å².